The zero-order chi connectivity index (χ0) is 15.7. The number of aliphatic hydroxyl groups excluding tert-OH is 1. The van der Waals surface area contributed by atoms with E-state index in [9.17, 15) is 5.11 Å². The van der Waals surface area contributed by atoms with Crippen LogP contribution in [0.2, 0.25) is 0 Å². The van der Waals surface area contributed by atoms with Crippen LogP contribution < -0.4 is 5.32 Å². The Kier molecular flexibility index (Phi) is 3.87. The van der Waals surface area contributed by atoms with Crippen LogP contribution >= 0.6 is 0 Å². The largest absolute Gasteiger partial charge is 0.393 e. The molecule has 22 heavy (non-hydrogen) atoms. The second-order valence-electron chi connectivity index (χ2n) is 6.77. The van der Waals surface area contributed by atoms with Gasteiger partial charge in [-0.05, 0) is 39.2 Å². The Bertz CT molecular complexity index is 646. The number of hydrogen-bond donors (Lipinski definition) is 2. The SMILES string of the molecule is Cc1ccc(C(C)(C)Nc2cc(C3CC(O)C3)ncn2)cc1. The van der Waals surface area contributed by atoms with Gasteiger partial charge in [0, 0.05) is 17.7 Å². The second-order valence-corrected chi connectivity index (χ2v) is 6.77. The molecule has 0 unspecified atom stereocenters. The molecule has 1 aromatic carbocycles. The van der Waals surface area contributed by atoms with Crippen molar-refractivity contribution in [1.29, 1.82) is 0 Å². The molecule has 0 bridgehead atoms. The summed E-state index contributed by atoms with van der Waals surface area (Å²) in [5.41, 5.74) is 3.28. The van der Waals surface area contributed by atoms with Crippen molar-refractivity contribution in [2.24, 2.45) is 0 Å². The summed E-state index contributed by atoms with van der Waals surface area (Å²) in [4.78, 5) is 8.69. The molecule has 0 saturated heterocycles. The highest BCUT2D eigenvalue weighted by molar-refractivity contribution is 5.42. The van der Waals surface area contributed by atoms with Crippen LogP contribution in [0.4, 0.5) is 5.82 Å². The molecule has 0 radical (unpaired) electrons. The third kappa shape index (κ3) is 3.12. The van der Waals surface area contributed by atoms with Gasteiger partial charge in [0.05, 0.1) is 11.6 Å². The maximum atomic E-state index is 9.45. The smallest absolute Gasteiger partial charge is 0.130 e. The summed E-state index contributed by atoms with van der Waals surface area (Å²) in [6, 6.07) is 10.5. The summed E-state index contributed by atoms with van der Waals surface area (Å²) in [5.74, 6) is 1.19. The summed E-state index contributed by atoms with van der Waals surface area (Å²) in [6.07, 6.45) is 3.05. The number of aromatic nitrogens is 2. The van der Waals surface area contributed by atoms with Gasteiger partial charge in [0.2, 0.25) is 0 Å². The van der Waals surface area contributed by atoms with Crippen LogP contribution in [0.25, 0.3) is 0 Å². The molecule has 3 rings (SSSR count). The number of nitrogens with zero attached hydrogens (tertiary/aromatic N) is 2. The monoisotopic (exact) mass is 297 g/mol. The fourth-order valence-electron chi connectivity index (χ4n) is 2.86. The molecular formula is C18H23N3O. The van der Waals surface area contributed by atoms with E-state index >= 15 is 0 Å². The minimum Gasteiger partial charge on any atom is -0.393 e. The average Bonchev–Trinajstić information content (AvgIpc) is 2.44. The first-order chi connectivity index (χ1) is 10.4. The lowest BCUT2D eigenvalue weighted by molar-refractivity contribution is 0.0732. The van der Waals surface area contributed by atoms with Crippen molar-refractivity contribution in [2.75, 3.05) is 5.32 Å². The molecule has 1 aromatic heterocycles. The van der Waals surface area contributed by atoms with E-state index in [2.05, 4.69) is 60.3 Å². The molecule has 4 nitrogen and oxygen atoms in total. The first-order valence-corrected chi connectivity index (χ1v) is 7.79. The molecule has 4 heteroatoms. The van der Waals surface area contributed by atoms with Crippen LogP contribution in [-0.2, 0) is 5.54 Å². The normalized spacial score (nSPS) is 21.3. The van der Waals surface area contributed by atoms with Crippen LogP contribution in [0.5, 0.6) is 0 Å². The van der Waals surface area contributed by atoms with Crippen molar-refractivity contribution < 1.29 is 5.11 Å². The summed E-state index contributed by atoms with van der Waals surface area (Å²) in [6.45, 7) is 6.38. The number of aryl methyl sites for hydroxylation is 1. The van der Waals surface area contributed by atoms with Gasteiger partial charge in [-0.2, -0.15) is 0 Å². The lowest BCUT2D eigenvalue weighted by atomic mass is 9.80. The van der Waals surface area contributed by atoms with Crippen molar-refractivity contribution >= 4 is 5.82 Å². The van der Waals surface area contributed by atoms with Crippen LogP contribution in [0.1, 0.15) is 49.4 Å². The maximum Gasteiger partial charge on any atom is 0.130 e. The van der Waals surface area contributed by atoms with Crippen molar-refractivity contribution in [3.05, 3.63) is 53.5 Å². The zero-order valence-corrected chi connectivity index (χ0v) is 13.4. The topological polar surface area (TPSA) is 58.0 Å². The zero-order valence-electron chi connectivity index (χ0n) is 13.4. The second kappa shape index (κ2) is 5.69. The molecule has 0 aliphatic heterocycles. The van der Waals surface area contributed by atoms with Gasteiger partial charge >= 0.3 is 0 Å². The minimum absolute atomic E-state index is 0.166. The molecule has 0 spiro atoms. The molecule has 2 aromatic rings. The van der Waals surface area contributed by atoms with Crippen LogP contribution in [-0.4, -0.2) is 21.2 Å². The summed E-state index contributed by atoms with van der Waals surface area (Å²) in [5, 5.41) is 12.9. The lowest BCUT2D eigenvalue weighted by Gasteiger charge is -2.32. The molecule has 2 N–H and O–H groups in total. The molecular weight excluding hydrogens is 274 g/mol. The maximum absolute atomic E-state index is 9.45. The highest BCUT2D eigenvalue weighted by atomic mass is 16.3. The van der Waals surface area contributed by atoms with Gasteiger partial charge in [-0.15, -0.1) is 0 Å². The molecule has 116 valence electrons. The third-order valence-electron chi connectivity index (χ3n) is 4.43. The van der Waals surface area contributed by atoms with Crippen molar-refractivity contribution in [2.45, 2.75) is 51.2 Å². The van der Waals surface area contributed by atoms with E-state index in [1.165, 1.54) is 11.1 Å². The molecule has 1 heterocycles. The van der Waals surface area contributed by atoms with E-state index in [0.29, 0.717) is 5.92 Å². The van der Waals surface area contributed by atoms with E-state index in [-0.39, 0.29) is 11.6 Å². The quantitative estimate of drug-likeness (QED) is 0.908. The first kappa shape index (κ1) is 15.0. The Morgan fingerprint density at radius 3 is 2.45 bits per heavy atom. The van der Waals surface area contributed by atoms with Crippen molar-refractivity contribution in [3.63, 3.8) is 0 Å². The summed E-state index contributed by atoms with van der Waals surface area (Å²) >= 11 is 0. The fraction of sp³-hybridized carbons (Fsp3) is 0.444. The Morgan fingerprint density at radius 1 is 1.14 bits per heavy atom. The van der Waals surface area contributed by atoms with E-state index in [0.717, 1.165) is 24.4 Å². The average molecular weight is 297 g/mol. The number of hydrogen-bond acceptors (Lipinski definition) is 4. The van der Waals surface area contributed by atoms with E-state index in [1.807, 2.05) is 6.07 Å². The predicted octanol–water partition coefficient (Wildman–Crippen LogP) is 3.37. The lowest BCUT2D eigenvalue weighted by Crippen LogP contribution is -2.29. The molecule has 1 fully saturated rings. The van der Waals surface area contributed by atoms with E-state index in [4.69, 9.17) is 0 Å². The van der Waals surface area contributed by atoms with Gasteiger partial charge in [-0.25, -0.2) is 9.97 Å². The van der Waals surface area contributed by atoms with Crippen LogP contribution in [0, 0.1) is 6.92 Å². The molecule has 0 amide bonds. The Balaban J connectivity index is 1.77. The summed E-state index contributed by atoms with van der Waals surface area (Å²) in [7, 11) is 0. The fourth-order valence-corrected chi connectivity index (χ4v) is 2.86. The molecule has 1 aliphatic rings. The third-order valence-corrected chi connectivity index (χ3v) is 4.43. The van der Waals surface area contributed by atoms with Gasteiger partial charge in [0.15, 0.2) is 0 Å². The van der Waals surface area contributed by atoms with Gasteiger partial charge in [0.1, 0.15) is 12.1 Å². The van der Waals surface area contributed by atoms with Crippen molar-refractivity contribution in [3.8, 4) is 0 Å². The minimum atomic E-state index is -0.210. The highest BCUT2D eigenvalue weighted by Gasteiger charge is 2.30. The van der Waals surface area contributed by atoms with Gasteiger partial charge in [-0.1, -0.05) is 29.8 Å². The first-order valence-electron chi connectivity index (χ1n) is 7.79. The molecule has 1 aliphatic carbocycles. The van der Waals surface area contributed by atoms with Crippen molar-refractivity contribution in [1.82, 2.24) is 9.97 Å². The highest BCUT2D eigenvalue weighted by Crippen LogP contribution is 2.36. The number of anilines is 1. The predicted molar refractivity (Wildman–Crippen MR) is 87.8 cm³/mol. The van der Waals surface area contributed by atoms with Gasteiger partial charge in [0.25, 0.3) is 0 Å². The molecule has 0 atom stereocenters. The van der Waals surface area contributed by atoms with Gasteiger partial charge < -0.3 is 10.4 Å². The number of benzene rings is 1. The Hall–Kier alpha value is -1.94. The van der Waals surface area contributed by atoms with Crippen LogP contribution in [0.3, 0.4) is 0 Å². The summed E-state index contributed by atoms with van der Waals surface area (Å²) < 4.78 is 0. The number of nitrogens with one attached hydrogen (secondary N) is 1. The standard InChI is InChI=1S/C18H23N3O/c1-12-4-6-14(7-5-12)18(2,3)21-17-10-16(19-11-20-17)13-8-15(22)9-13/h4-7,10-11,13,15,22H,8-9H2,1-3H3,(H,19,20,21). The number of rotatable bonds is 4. The van der Waals surface area contributed by atoms with E-state index < -0.39 is 0 Å². The molecule has 1 saturated carbocycles. The number of aliphatic hydroxyl groups is 1. The Morgan fingerprint density at radius 2 is 1.82 bits per heavy atom. The van der Waals surface area contributed by atoms with E-state index in [1.54, 1.807) is 6.33 Å². The van der Waals surface area contributed by atoms with Gasteiger partial charge in [-0.3, -0.25) is 0 Å². The Labute approximate surface area is 131 Å². The van der Waals surface area contributed by atoms with Crippen LogP contribution in [0.15, 0.2) is 36.7 Å².